The van der Waals surface area contributed by atoms with Gasteiger partial charge in [-0.15, -0.1) is 0 Å². The molecule has 2 heterocycles. The van der Waals surface area contributed by atoms with Crippen molar-refractivity contribution in [2.75, 3.05) is 56.2 Å². The van der Waals surface area contributed by atoms with E-state index in [0.29, 0.717) is 32.1 Å². The van der Waals surface area contributed by atoms with Crippen LogP contribution < -0.4 is 20.1 Å². The summed E-state index contributed by atoms with van der Waals surface area (Å²) in [6, 6.07) is 7.94. The first kappa shape index (κ1) is 19.7. The zero-order valence-corrected chi connectivity index (χ0v) is 16.6. The van der Waals surface area contributed by atoms with E-state index in [0.717, 1.165) is 24.5 Å². The molecule has 8 heteroatoms. The second-order valence-electron chi connectivity index (χ2n) is 6.57. The van der Waals surface area contributed by atoms with Crippen LogP contribution in [-0.2, 0) is 0 Å². The number of nitrogens with zero attached hydrogens (tertiary/aromatic N) is 4. The maximum Gasteiger partial charge on any atom is 0.265 e. The number of aromatic nitrogens is 2. The Morgan fingerprint density at radius 1 is 1.14 bits per heavy atom. The predicted molar refractivity (Wildman–Crippen MR) is 110 cm³/mol. The van der Waals surface area contributed by atoms with Gasteiger partial charge in [-0.2, -0.15) is 0 Å². The number of amides is 1. The van der Waals surface area contributed by atoms with Crippen molar-refractivity contribution in [3.8, 4) is 5.75 Å². The summed E-state index contributed by atoms with van der Waals surface area (Å²) in [5, 5.41) is 0. The molecule has 1 aliphatic heterocycles. The molecule has 1 aromatic carbocycles. The SMILES string of the molecule is CCN(CC)C(=O)c1cnc(N2CCN(c3ccccc3OC)CC2)[nH]c1=O. The maximum atomic E-state index is 12.4. The number of nitrogens with one attached hydrogen (secondary N) is 1. The standard InChI is InChI=1S/C20H27N5O3/c1-4-23(5-2)19(27)15-14-21-20(22-18(15)26)25-12-10-24(11-13-25)16-8-6-7-9-17(16)28-3/h6-9,14H,4-5,10-13H2,1-3H3,(H,21,22,26). The summed E-state index contributed by atoms with van der Waals surface area (Å²) in [7, 11) is 1.67. The summed E-state index contributed by atoms with van der Waals surface area (Å²) >= 11 is 0. The molecule has 1 aliphatic rings. The molecule has 0 unspecified atom stereocenters. The largest absolute Gasteiger partial charge is 0.495 e. The number of piperazine rings is 1. The monoisotopic (exact) mass is 385 g/mol. The molecule has 0 spiro atoms. The topological polar surface area (TPSA) is 81.8 Å². The van der Waals surface area contributed by atoms with E-state index in [1.165, 1.54) is 6.20 Å². The van der Waals surface area contributed by atoms with Crippen molar-refractivity contribution in [2.45, 2.75) is 13.8 Å². The summed E-state index contributed by atoms with van der Waals surface area (Å²) in [6.45, 7) is 7.88. The molecule has 8 nitrogen and oxygen atoms in total. The summed E-state index contributed by atoms with van der Waals surface area (Å²) in [6.07, 6.45) is 1.39. The smallest absolute Gasteiger partial charge is 0.265 e. The molecule has 3 rings (SSSR count). The highest BCUT2D eigenvalue weighted by molar-refractivity contribution is 5.93. The lowest BCUT2D eigenvalue weighted by atomic mass is 10.2. The van der Waals surface area contributed by atoms with E-state index in [1.54, 1.807) is 12.0 Å². The van der Waals surface area contributed by atoms with Crippen LogP contribution in [0, 0.1) is 0 Å². The second kappa shape index (κ2) is 8.77. The number of hydrogen-bond acceptors (Lipinski definition) is 6. The molecule has 1 saturated heterocycles. The molecule has 1 amide bonds. The summed E-state index contributed by atoms with van der Waals surface area (Å²) in [4.78, 5) is 37.9. The van der Waals surface area contributed by atoms with Crippen LogP contribution >= 0.6 is 0 Å². The average molecular weight is 385 g/mol. The van der Waals surface area contributed by atoms with Gasteiger partial charge in [0.2, 0.25) is 5.95 Å². The van der Waals surface area contributed by atoms with Crippen LogP contribution in [0.2, 0.25) is 0 Å². The van der Waals surface area contributed by atoms with Crippen LogP contribution in [0.1, 0.15) is 24.2 Å². The number of carbonyl (C=O) groups excluding carboxylic acids is 1. The quantitative estimate of drug-likeness (QED) is 0.813. The van der Waals surface area contributed by atoms with Crippen molar-refractivity contribution in [3.05, 3.63) is 46.4 Å². The Morgan fingerprint density at radius 3 is 2.39 bits per heavy atom. The highest BCUT2D eigenvalue weighted by Crippen LogP contribution is 2.28. The molecule has 1 aromatic heterocycles. The van der Waals surface area contributed by atoms with Crippen molar-refractivity contribution < 1.29 is 9.53 Å². The van der Waals surface area contributed by atoms with Gasteiger partial charge in [0, 0.05) is 45.5 Å². The number of benzene rings is 1. The third-order valence-corrected chi connectivity index (χ3v) is 5.07. The van der Waals surface area contributed by atoms with Crippen molar-refractivity contribution in [3.63, 3.8) is 0 Å². The first-order chi connectivity index (χ1) is 13.6. The third-order valence-electron chi connectivity index (χ3n) is 5.07. The van der Waals surface area contributed by atoms with Gasteiger partial charge in [0.25, 0.3) is 11.5 Å². The Hall–Kier alpha value is -3.03. The van der Waals surface area contributed by atoms with Gasteiger partial charge >= 0.3 is 0 Å². The summed E-state index contributed by atoms with van der Waals surface area (Å²) < 4.78 is 5.45. The minimum absolute atomic E-state index is 0.0834. The minimum Gasteiger partial charge on any atom is -0.495 e. The van der Waals surface area contributed by atoms with E-state index in [9.17, 15) is 9.59 Å². The van der Waals surface area contributed by atoms with Crippen LogP contribution in [0.15, 0.2) is 35.3 Å². The van der Waals surface area contributed by atoms with E-state index in [-0.39, 0.29) is 11.5 Å². The summed E-state index contributed by atoms with van der Waals surface area (Å²) in [5.74, 6) is 1.06. The molecular weight excluding hydrogens is 358 g/mol. The molecule has 1 fully saturated rings. The van der Waals surface area contributed by atoms with Crippen LogP contribution in [0.5, 0.6) is 5.75 Å². The Bertz CT molecular complexity index is 870. The molecule has 0 aliphatic carbocycles. The Morgan fingerprint density at radius 2 is 1.79 bits per heavy atom. The van der Waals surface area contributed by atoms with Crippen molar-refractivity contribution in [1.29, 1.82) is 0 Å². The molecule has 0 radical (unpaired) electrons. The molecule has 2 aromatic rings. The van der Waals surface area contributed by atoms with Crippen molar-refractivity contribution in [2.24, 2.45) is 0 Å². The van der Waals surface area contributed by atoms with Gasteiger partial charge < -0.3 is 19.4 Å². The zero-order chi connectivity index (χ0) is 20.1. The van der Waals surface area contributed by atoms with Crippen molar-refractivity contribution in [1.82, 2.24) is 14.9 Å². The fourth-order valence-electron chi connectivity index (χ4n) is 3.43. The average Bonchev–Trinajstić information content (AvgIpc) is 2.74. The van der Waals surface area contributed by atoms with Crippen LogP contribution in [0.4, 0.5) is 11.6 Å². The maximum absolute atomic E-state index is 12.4. The highest BCUT2D eigenvalue weighted by atomic mass is 16.5. The van der Waals surface area contributed by atoms with Gasteiger partial charge in [0.05, 0.1) is 12.8 Å². The fraction of sp³-hybridized carbons (Fsp3) is 0.450. The number of rotatable bonds is 6. The number of H-pyrrole nitrogens is 1. The van der Waals surface area contributed by atoms with E-state index >= 15 is 0 Å². The molecule has 28 heavy (non-hydrogen) atoms. The predicted octanol–water partition coefficient (Wildman–Crippen LogP) is 1.59. The van der Waals surface area contributed by atoms with E-state index in [1.807, 2.05) is 43.0 Å². The number of anilines is 2. The Kier molecular flexibility index (Phi) is 6.18. The first-order valence-corrected chi connectivity index (χ1v) is 9.60. The lowest BCUT2D eigenvalue weighted by molar-refractivity contribution is 0.0770. The number of ether oxygens (including phenoxy) is 1. The fourth-order valence-corrected chi connectivity index (χ4v) is 3.43. The lowest BCUT2D eigenvalue weighted by Crippen LogP contribution is -2.47. The number of carbonyl (C=O) groups is 1. The summed E-state index contributed by atoms with van der Waals surface area (Å²) in [5.41, 5.74) is 0.750. The van der Waals surface area contributed by atoms with Gasteiger partial charge in [-0.3, -0.25) is 14.6 Å². The van der Waals surface area contributed by atoms with Gasteiger partial charge in [0.1, 0.15) is 11.3 Å². The van der Waals surface area contributed by atoms with Gasteiger partial charge in [0.15, 0.2) is 0 Å². The Labute approximate surface area is 164 Å². The van der Waals surface area contributed by atoms with E-state index < -0.39 is 5.56 Å². The normalized spacial score (nSPS) is 14.1. The number of para-hydroxylation sites is 2. The zero-order valence-electron chi connectivity index (χ0n) is 16.6. The lowest BCUT2D eigenvalue weighted by Gasteiger charge is -2.36. The molecule has 1 N–H and O–H groups in total. The van der Waals surface area contributed by atoms with E-state index in [4.69, 9.17) is 4.74 Å². The van der Waals surface area contributed by atoms with Crippen LogP contribution in [0.3, 0.4) is 0 Å². The molecule has 0 saturated carbocycles. The highest BCUT2D eigenvalue weighted by Gasteiger charge is 2.23. The van der Waals surface area contributed by atoms with Crippen LogP contribution in [0.25, 0.3) is 0 Å². The third kappa shape index (κ3) is 3.95. The van der Waals surface area contributed by atoms with Crippen molar-refractivity contribution >= 4 is 17.5 Å². The molecule has 0 bridgehead atoms. The number of methoxy groups -OCH3 is 1. The van der Waals surface area contributed by atoms with Gasteiger partial charge in [-0.25, -0.2) is 4.98 Å². The minimum atomic E-state index is -0.394. The number of aromatic amines is 1. The van der Waals surface area contributed by atoms with Crippen LogP contribution in [-0.4, -0.2) is 67.2 Å². The first-order valence-electron chi connectivity index (χ1n) is 9.60. The van der Waals surface area contributed by atoms with Gasteiger partial charge in [-0.1, -0.05) is 12.1 Å². The Balaban J connectivity index is 1.70. The van der Waals surface area contributed by atoms with E-state index in [2.05, 4.69) is 14.9 Å². The molecule has 150 valence electrons. The molecule has 0 atom stereocenters. The van der Waals surface area contributed by atoms with Gasteiger partial charge in [-0.05, 0) is 26.0 Å². The second-order valence-corrected chi connectivity index (χ2v) is 6.57. The molecular formula is C20H27N5O3. The number of hydrogen-bond donors (Lipinski definition) is 1.